The molecular formula is C40H46N2O7P2. The van der Waals surface area contributed by atoms with Gasteiger partial charge in [0.15, 0.2) is 0 Å². The quantitative estimate of drug-likeness (QED) is 0.0781. The largest absolute Gasteiger partial charge is 0.480 e. The molecule has 11 heteroatoms. The first-order valence-corrected chi connectivity index (χ1v) is 21.1. The summed E-state index contributed by atoms with van der Waals surface area (Å²) in [4.78, 5) is 37.5. The Morgan fingerprint density at radius 2 is 1.25 bits per heavy atom. The van der Waals surface area contributed by atoms with Crippen LogP contribution in [0.25, 0.3) is 11.1 Å². The molecule has 1 aliphatic rings. The molecule has 0 bridgehead atoms. The minimum Gasteiger partial charge on any atom is -0.480 e. The molecule has 51 heavy (non-hydrogen) atoms. The van der Waals surface area contributed by atoms with Crippen LogP contribution in [-0.2, 0) is 29.9 Å². The SMILES string of the molecule is C=CCP(=O)(CC=C)C(Cc1ccc(NC(=O)CC[C@H](NC(=O)OCC2c3ccccc3-c3ccccc32)C(=O)O)cc1)P(=O)(CC=C)CC=C. The molecule has 0 aromatic heterocycles. The molecule has 0 unspecified atom stereocenters. The monoisotopic (exact) mass is 728 g/mol. The van der Waals surface area contributed by atoms with E-state index < -0.39 is 43.7 Å². The first kappa shape index (κ1) is 39.1. The van der Waals surface area contributed by atoms with Gasteiger partial charge in [0.25, 0.3) is 0 Å². The van der Waals surface area contributed by atoms with Crippen LogP contribution in [0.1, 0.15) is 35.4 Å². The van der Waals surface area contributed by atoms with Gasteiger partial charge in [-0.3, -0.25) is 4.79 Å². The third-order valence-electron chi connectivity index (χ3n) is 9.09. The minimum atomic E-state index is -3.03. The molecule has 3 aromatic carbocycles. The molecule has 4 rings (SSSR count). The molecule has 2 amide bonds. The van der Waals surface area contributed by atoms with Gasteiger partial charge in [-0.05, 0) is 52.8 Å². The van der Waals surface area contributed by atoms with E-state index in [1.165, 1.54) is 0 Å². The molecule has 268 valence electrons. The number of nitrogens with one attached hydrogen (secondary N) is 2. The summed E-state index contributed by atoms with van der Waals surface area (Å²) in [6.07, 6.45) is 6.38. The van der Waals surface area contributed by atoms with Crippen LogP contribution in [0.5, 0.6) is 0 Å². The summed E-state index contributed by atoms with van der Waals surface area (Å²) in [5, 5.41) is 14.3. The Balaban J connectivity index is 1.35. The molecule has 0 saturated heterocycles. The number of aliphatic carboxylic acids is 1. The van der Waals surface area contributed by atoms with E-state index in [1.807, 2.05) is 48.5 Å². The molecule has 9 nitrogen and oxygen atoms in total. The van der Waals surface area contributed by atoms with Crippen LogP contribution in [0, 0.1) is 0 Å². The van der Waals surface area contributed by atoms with Crippen molar-refractivity contribution in [2.45, 2.75) is 36.6 Å². The summed E-state index contributed by atoms with van der Waals surface area (Å²) in [6.45, 7) is 15.2. The molecule has 0 aliphatic heterocycles. The zero-order valence-corrected chi connectivity index (χ0v) is 30.5. The number of alkyl carbamates (subject to hydrolysis) is 1. The number of anilines is 1. The van der Waals surface area contributed by atoms with Gasteiger partial charge in [-0.2, -0.15) is 0 Å². The van der Waals surface area contributed by atoms with Crippen molar-refractivity contribution in [1.82, 2.24) is 5.32 Å². The third-order valence-corrected chi connectivity index (χ3v) is 17.7. The van der Waals surface area contributed by atoms with Gasteiger partial charge in [-0.25, -0.2) is 9.59 Å². The maximum atomic E-state index is 14.2. The fourth-order valence-electron chi connectivity index (χ4n) is 6.70. The van der Waals surface area contributed by atoms with Gasteiger partial charge in [0.05, 0.1) is 5.40 Å². The van der Waals surface area contributed by atoms with E-state index >= 15 is 0 Å². The lowest BCUT2D eigenvalue weighted by molar-refractivity contribution is -0.139. The van der Waals surface area contributed by atoms with E-state index in [9.17, 15) is 28.6 Å². The second kappa shape index (κ2) is 18.0. The van der Waals surface area contributed by atoms with Crippen LogP contribution in [0.3, 0.4) is 0 Å². The Morgan fingerprint density at radius 1 is 0.765 bits per heavy atom. The van der Waals surface area contributed by atoms with Crippen molar-refractivity contribution in [1.29, 1.82) is 0 Å². The van der Waals surface area contributed by atoms with E-state index in [0.717, 1.165) is 27.8 Å². The Labute approximate surface area is 300 Å². The van der Waals surface area contributed by atoms with Crippen molar-refractivity contribution in [3.05, 3.63) is 140 Å². The second-order valence-electron chi connectivity index (χ2n) is 12.6. The van der Waals surface area contributed by atoms with Gasteiger partial charge in [0.1, 0.15) is 26.9 Å². The first-order chi connectivity index (χ1) is 24.5. The lowest BCUT2D eigenvalue weighted by atomic mass is 9.98. The van der Waals surface area contributed by atoms with Crippen molar-refractivity contribution in [2.75, 3.05) is 36.6 Å². The number of carbonyl (C=O) groups excluding carboxylic acids is 2. The maximum absolute atomic E-state index is 14.2. The molecule has 0 heterocycles. The number of benzene rings is 3. The zero-order valence-electron chi connectivity index (χ0n) is 28.7. The highest BCUT2D eigenvalue weighted by atomic mass is 31.2. The highest BCUT2D eigenvalue weighted by Crippen LogP contribution is 2.69. The predicted octanol–water partition coefficient (Wildman–Crippen LogP) is 8.74. The molecule has 3 N–H and O–H groups in total. The summed E-state index contributed by atoms with van der Waals surface area (Å²) in [6, 6.07) is 21.4. The van der Waals surface area contributed by atoms with E-state index in [4.69, 9.17) is 4.74 Å². The highest BCUT2D eigenvalue weighted by Gasteiger charge is 2.43. The summed E-state index contributed by atoms with van der Waals surface area (Å²) in [5.74, 6) is -1.91. The van der Waals surface area contributed by atoms with Crippen molar-refractivity contribution < 1.29 is 33.4 Å². The van der Waals surface area contributed by atoms with Gasteiger partial charge in [-0.1, -0.05) is 85.0 Å². The molecule has 1 atom stereocenters. The number of carboxylic acid groups (broad SMARTS) is 1. The molecule has 0 spiro atoms. The number of hydrogen-bond acceptors (Lipinski definition) is 6. The summed E-state index contributed by atoms with van der Waals surface area (Å²) in [5.41, 5.74) is 5.48. The molecule has 3 aromatic rings. The Hall–Kier alpha value is -4.71. The normalized spacial score (nSPS) is 13.0. The van der Waals surface area contributed by atoms with Crippen LogP contribution < -0.4 is 10.6 Å². The smallest absolute Gasteiger partial charge is 0.407 e. The number of fused-ring (bicyclic) bond motifs is 3. The Morgan fingerprint density at radius 3 is 1.73 bits per heavy atom. The van der Waals surface area contributed by atoms with Crippen LogP contribution >= 0.6 is 14.3 Å². The Bertz CT molecular complexity index is 1760. The first-order valence-electron chi connectivity index (χ1n) is 16.8. The van der Waals surface area contributed by atoms with Crippen LogP contribution in [-0.4, -0.2) is 65.8 Å². The number of hydrogen-bond donors (Lipinski definition) is 3. The minimum absolute atomic E-state index is 0.0313. The lowest BCUT2D eigenvalue weighted by Crippen LogP contribution is -2.42. The average molecular weight is 729 g/mol. The van der Waals surface area contributed by atoms with Crippen molar-refractivity contribution in [3.8, 4) is 11.1 Å². The molecule has 0 radical (unpaired) electrons. The molecular weight excluding hydrogens is 682 g/mol. The van der Waals surface area contributed by atoms with Crippen molar-refractivity contribution >= 4 is 37.9 Å². The highest BCUT2D eigenvalue weighted by molar-refractivity contribution is 7.82. The van der Waals surface area contributed by atoms with Gasteiger partial charge >= 0.3 is 12.1 Å². The number of allylic oxidation sites excluding steroid dienone is 4. The van der Waals surface area contributed by atoms with Crippen LogP contribution in [0.15, 0.2) is 123 Å². The standard InChI is InChI=1S/C40H46N2O7P2/c1-5-23-50(47,24-6-2)38(51(48,25-7-3)26-8-4)27-29-17-19-30(20-18-29)41-37(43)22-21-36(39(44)45)42-40(46)49-28-35-33-15-11-9-13-31(33)32-14-10-12-16-34(32)35/h5-20,35-36,38H,1-4,21-28H2,(H,41,43)(H,42,46)(H,44,45)/t36-/m0/s1. The van der Waals surface area contributed by atoms with Gasteiger partial charge < -0.3 is 29.6 Å². The number of carbonyl (C=O) groups is 3. The predicted molar refractivity (Wildman–Crippen MR) is 207 cm³/mol. The zero-order chi connectivity index (χ0) is 37.0. The van der Waals surface area contributed by atoms with Gasteiger partial charge in [0.2, 0.25) is 5.91 Å². The second-order valence-corrected chi connectivity index (χ2v) is 19.5. The van der Waals surface area contributed by atoms with E-state index in [-0.39, 0.29) is 56.4 Å². The summed E-state index contributed by atoms with van der Waals surface area (Å²) >= 11 is 0. The summed E-state index contributed by atoms with van der Waals surface area (Å²) < 4.78 is 34.0. The maximum Gasteiger partial charge on any atom is 0.407 e. The van der Waals surface area contributed by atoms with E-state index in [1.54, 1.807) is 48.6 Å². The molecule has 0 saturated carbocycles. The summed E-state index contributed by atoms with van der Waals surface area (Å²) in [7, 11) is -6.07. The number of rotatable bonds is 20. The third kappa shape index (κ3) is 9.75. The fraction of sp³-hybridized carbons (Fsp3) is 0.275. The average Bonchev–Trinajstić information content (AvgIpc) is 3.42. The van der Waals surface area contributed by atoms with Crippen molar-refractivity contribution in [2.24, 2.45) is 0 Å². The fourth-order valence-corrected chi connectivity index (χ4v) is 15.0. The lowest BCUT2D eigenvalue weighted by Gasteiger charge is -2.33. The van der Waals surface area contributed by atoms with Crippen LogP contribution in [0.4, 0.5) is 10.5 Å². The number of ether oxygens (including phenoxy) is 1. The van der Waals surface area contributed by atoms with E-state index in [2.05, 4.69) is 36.9 Å². The van der Waals surface area contributed by atoms with Crippen molar-refractivity contribution in [3.63, 3.8) is 0 Å². The topological polar surface area (TPSA) is 139 Å². The molecule has 0 fully saturated rings. The molecule has 1 aliphatic carbocycles. The Kier molecular flexibility index (Phi) is 13.8. The van der Waals surface area contributed by atoms with E-state index in [0.29, 0.717) is 5.69 Å². The number of carboxylic acids is 1. The number of amides is 2. The van der Waals surface area contributed by atoms with Crippen LogP contribution in [0.2, 0.25) is 0 Å². The van der Waals surface area contributed by atoms with Gasteiger partial charge in [0, 0.05) is 42.7 Å². The van der Waals surface area contributed by atoms with Gasteiger partial charge in [-0.15, -0.1) is 26.3 Å².